The number of carbonyl (C=O) groups is 1. The van der Waals surface area contributed by atoms with Crippen molar-refractivity contribution in [2.24, 2.45) is 5.92 Å². The summed E-state index contributed by atoms with van der Waals surface area (Å²) in [5.41, 5.74) is 1.71. The van der Waals surface area contributed by atoms with Crippen LogP contribution in [0.25, 0.3) is 5.52 Å². The number of fused-ring (bicyclic) bond motifs is 1. The Morgan fingerprint density at radius 2 is 1.88 bits per heavy atom. The van der Waals surface area contributed by atoms with E-state index in [9.17, 15) is 4.79 Å². The molecule has 134 valence electrons. The average Bonchev–Trinajstić information content (AvgIpc) is 3.36. The number of pyridine rings is 1. The number of hydrogen-bond donors (Lipinski definition) is 2. The molecule has 0 unspecified atom stereocenters. The molecule has 2 aromatic heterocycles. The number of aliphatic hydroxyl groups excluding tert-OH is 1. The Bertz CT molecular complexity index is 745. The maximum absolute atomic E-state index is 12.2. The summed E-state index contributed by atoms with van der Waals surface area (Å²) in [6, 6.07) is 8.04. The van der Waals surface area contributed by atoms with Crippen molar-refractivity contribution in [2.45, 2.75) is 12.8 Å². The molecule has 0 bridgehead atoms. The lowest BCUT2D eigenvalue weighted by molar-refractivity contribution is 0.0944. The highest BCUT2D eigenvalue weighted by molar-refractivity contribution is 5.94. The Morgan fingerprint density at radius 1 is 1.12 bits per heavy atom. The zero-order valence-electron chi connectivity index (χ0n) is 14.5. The minimum atomic E-state index is -0.148. The minimum absolute atomic E-state index is 0.0477. The van der Waals surface area contributed by atoms with Crippen molar-refractivity contribution >= 4 is 17.2 Å². The van der Waals surface area contributed by atoms with Gasteiger partial charge in [-0.1, -0.05) is 0 Å². The Labute approximate surface area is 148 Å². The van der Waals surface area contributed by atoms with Gasteiger partial charge in [0.05, 0.1) is 12.2 Å². The van der Waals surface area contributed by atoms with Crippen LogP contribution in [0.15, 0.2) is 30.5 Å². The average molecular weight is 342 g/mol. The van der Waals surface area contributed by atoms with Crippen molar-refractivity contribution < 1.29 is 9.90 Å². The summed E-state index contributed by atoms with van der Waals surface area (Å²) in [6.07, 6.45) is 4.71. The molecule has 0 spiro atoms. The highest BCUT2D eigenvalue weighted by atomic mass is 16.3. The first-order chi connectivity index (χ1) is 12.2. The molecule has 1 aliphatic carbocycles. The quantitative estimate of drug-likeness (QED) is 0.828. The molecule has 6 heteroatoms. The van der Waals surface area contributed by atoms with E-state index in [0.29, 0.717) is 5.56 Å². The van der Waals surface area contributed by atoms with Crippen LogP contribution in [0.2, 0.25) is 0 Å². The molecule has 2 N–H and O–H groups in total. The summed E-state index contributed by atoms with van der Waals surface area (Å²) >= 11 is 0. The monoisotopic (exact) mass is 342 g/mol. The van der Waals surface area contributed by atoms with Gasteiger partial charge in [0.25, 0.3) is 5.91 Å². The number of rotatable bonds is 6. The van der Waals surface area contributed by atoms with Gasteiger partial charge in [-0.25, -0.2) is 0 Å². The molecule has 6 nitrogen and oxygen atoms in total. The van der Waals surface area contributed by atoms with Crippen LogP contribution in [-0.2, 0) is 0 Å². The van der Waals surface area contributed by atoms with Crippen molar-refractivity contribution in [1.82, 2.24) is 14.6 Å². The second kappa shape index (κ2) is 7.06. The van der Waals surface area contributed by atoms with E-state index in [1.165, 1.54) is 19.4 Å². The van der Waals surface area contributed by atoms with Gasteiger partial charge in [0.15, 0.2) is 0 Å². The molecular formula is C19H26N4O2. The number of amides is 1. The van der Waals surface area contributed by atoms with Gasteiger partial charge in [-0.05, 0) is 43.0 Å². The smallest absolute Gasteiger partial charge is 0.252 e. The largest absolute Gasteiger partial charge is 0.395 e. The third kappa shape index (κ3) is 3.65. The van der Waals surface area contributed by atoms with Gasteiger partial charge in [-0.2, -0.15) is 0 Å². The summed E-state index contributed by atoms with van der Waals surface area (Å²) in [6.45, 7) is 5.77. The van der Waals surface area contributed by atoms with Crippen molar-refractivity contribution in [2.75, 3.05) is 50.8 Å². The fourth-order valence-electron chi connectivity index (χ4n) is 3.58. The highest BCUT2D eigenvalue weighted by Crippen LogP contribution is 2.30. The van der Waals surface area contributed by atoms with E-state index in [0.717, 1.165) is 43.4 Å². The third-order valence-corrected chi connectivity index (χ3v) is 5.20. The first-order valence-corrected chi connectivity index (χ1v) is 9.22. The zero-order chi connectivity index (χ0) is 17.2. The molecule has 0 radical (unpaired) electrons. The van der Waals surface area contributed by atoms with E-state index in [1.807, 2.05) is 18.3 Å². The molecule has 0 atom stereocenters. The molecular weight excluding hydrogens is 316 g/mol. The van der Waals surface area contributed by atoms with Crippen LogP contribution in [-0.4, -0.2) is 66.2 Å². The molecule has 2 aliphatic rings. The Hall–Kier alpha value is -2.05. The summed E-state index contributed by atoms with van der Waals surface area (Å²) in [7, 11) is 0. The minimum Gasteiger partial charge on any atom is -0.395 e. The third-order valence-electron chi connectivity index (χ3n) is 5.20. The van der Waals surface area contributed by atoms with Gasteiger partial charge < -0.3 is 19.7 Å². The fourth-order valence-corrected chi connectivity index (χ4v) is 3.58. The number of nitrogens with zero attached hydrogens (tertiary/aromatic N) is 3. The molecule has 1 saturated carbocycles. The number of hydrogen-bond acceptors (Lipinski definition) is 4. The van der Waals surface area contributed by atoms with E-state index >= 15 is 0 Å². The van der Waals surface area contributed by atoms with Gasteiger partial charge in [0.1, 0.15) is 5.82 Å². The highest BCUT2D eigenvalue weighted by Gasteiger charge is 2.27. The lowest BCUT2D eigenvalue weighted by Gasteiger charge is -2.35. The van der Waals surface area contributed by atoms with E-state index in [4.69, 9.17) is 5.11 Å². The topological polar surface area (TPSA) is 60.2 Å². The Kier molecular flexibility index (Phi) is 4.63. The maximum Gasteiger partial charge on any atom is 0.252 e. The molecule has 4 rings (SSSR count). The van der Waals surface area contributed by atoms with E-state index in [2.05, 4.69) is 31.7 Å². The van der Waals surface area contributed by atoms with Gasteiger partial charge in [-0.3, -0.25) is 9.69 Å². The maximum atomic E-state index is 12.2. The van der Waals surface area contributed by atoms with Crippen LogP contribution in [0.3, 0.4) is 0 Å². The van der Waals surface area contributed by atoms with Crippen molar-refractivity contribution in [3.63, 3.8) is 0 Å². The predicted molar refractivity (Wildman–Crippen MR) is 98.2 cm³/mol. The van der Waals surface area contributed by atoms with E-state index in [-0.39, 0.29) is 19.1 Å². The van der Waals surface area contributed by atoms with Crippen LogP contribution in [0, 0.1) is 5.92 Å². The van der Waals surface area contributed by atoms with Gasteiger partial charge >= 0.3 is 0 Å². The van der Waals surface area contributed by atoms with Crippen LogP contribution >= 0.6 is 0 Å². The van der Waals surface area contributed by atoms with Crippen molar-refractivity contribution in [1.29, 1.82) is 0 Å². The van der Waals surface area contributed by atoms with Gasteiger partial charge in [0.2, 0.25) is 0 Å². The van der Waals surface area contributed by atoms with Crippen LogP contribution in [0.1, 0.15) is 23.2 Å². The predicted octanol–water partition coefficient (Wildman–Crippen LogP) is 1.19. The first kappa shape index (κ1) is 16.4. The number of aromatic nitrogens is 1. The molecule has 2 aromatic rings. The fraction of sp³-hybridized carbons (Fsp3) is 0.526. The van der Waals surface area contributed by atoms with Gasteiger partial charge in [0, 0.05) is 51.0 Å². The number of piperazine rings is 1. The molecule has 3 heterocycles. The number of anilines is 1. The zero-order valence-corrected chi connectivity index (χ0v) is 14.5. The summed E-state index contributed by atoms with van der Waals surface area (Å²) in [4.78, 5) is 17.1. The number of nitrogens with one attached hydrogen (secondary N) is 1. The number of carbonyl (C=O) groups excluding carboxylic acids is 1. The van der Waals surface area contributed by atoms with Crippen LogP contribution < -0.4 is 10.2 Å². The van der Waals surface area contributed by atoms with Gasteiger partial charge in [-0.15, -0.1) is 0 Å². The van der Waals surface area contributed by atoms with E-state index in [1.54, 1.807) is 0 Å². The molecule has 0 aromatic carbocycles. The summed E-state index contributed by atoms with van der Waals surface area (Å²) in [5, 5.41) is 11.6. The summed E-state index contributed by atoms with van der Waals surface area (Å²) in [5.74, 6) is 1.95. The first-order valence-electron chi connectivity index (χ1n) is 9.22. The van der Waals surface area contributed by atoms with E-state index < -0.39 is 0 Å². The molecule has 1 amide bonds. The van der Waals surface area contributed by atoms with Crippen LogP contribution in [0.4, 0.5) is 5.82 Å². The van der Waals surface area contributed by atoms with Crippen LogP contribution in [0.5, 0.6) is 0 Å². The Morgan fingerprint density at radius 3 is 2.60 bits per heavy atom. The molecule has 1 saturated heterocycles. The second-order valence-corrected chi connectivity index (χ2v) is 7.11. The standard InChI is InChI=1S/C19H26N4O2/c24-12-7-20-19(25)16-3-4-17-5-6-18(23(17)14-16)22-10-8-21(9-11-22)13-15-1-2-15/h3-6,14-15,24H,1-2,7-13H2,(H,20,25). The molecule has 25 heavy (non-hydrogen) atoms. The van der Waals surface area contributed by atoms with Crippen molar-refractivity contribution in [3.05, 3.63) is 36.0 Å². The normalized spacial score (nSPS) is 18.7. The molecule has 2 fully saturated rings. The summed E-state index contributed by atoms with van der Waals surface area (Å²) < 4.78 is 2.10. The number of aliphatic hydroxyl groups is 1. The lowest BCUT2D eigenvalue weighted by Crippen LogP contribution is -2.47. The second-order valence-electron chi connectivity index (χ2n) is 7.11. The lowest BCUT2D eigenvalue weighted by atomic mass is 10.2. The molecule has 1 aliphatic heterocycles. The van der Waals surface area contributed by atoms with Crippen molar-refractivity contribution in [3.8, 4) is 0 Å². The SMILES string of the molecule is O=C(NCCO)c1ccc2ccc(N3CCN(CC4CC4)CC3)n2c1. The Balaban J connectivity index is 1.48.